The summed E-state index contributed by atoms with van der Waals surface area (Å²) in [4.78, 5) is 15.7. The van der Waals surface area contributed by atoms with Crippen molar-refractivity contribution < 1.29 is 13.2 Å². The Bertz CT molecular complexity index is 876. The van der Waals surface area contributed by atoms with Crippen molar-refractivity contribution in [2.45, 2.75) is 30.2 Å². The third-order valence-corrected chi connectivity index (χ3v) is 7.14. The molecule has 0 bridgehead atoms. The molecule has 27 heavy (non-hydrogen) atoms. The summed E-state index contributed by atoms with van der Waals surface area (Å²) < 4.78 is 26.8. The summed E-state index contributed by atoms with van der Waals surface area (Å²) in [6.07, 6.45) is 2.02. The minimum atomic E-state index is -3.59. The molecule has 0 atom stereocenters. The van der Waals surface area contributed by atoms with Crippen LogP contribution < -0.4 is 0 Å². The van der Waals surface area contributed by atoms with Gasteiger partial charge in [-0.15, -0.1) is 11.8 Å². The molecule has 0 unspecified atom stereocenters. The molecule has 0 aliphatic heterocycles. The van der Waals surface area contributed by atoms with Crippen LogP contribution in [0.4, 0.5) is 0 Å². The van der Waals surface area contributed by atoms with Gasteiger partial charge in [0, 0.05) is 37.1 Å². The monoisotopic (exact) mass is 406 g/mol. The lowest BCUT2D eigenvalue weighted by Gasteiger charge is -2.20. The number of thioether (sulfide) groups is 1. The van der Waals surface area contributed by atoms with Gasteiger partial charge in [0.05, 0.1) is 4.90 Å². The lowest BCUT2D eigenvalue weighted by Crippen LogP contribution is -2.31. The van der Waals surface area contributed by atoms with Crippen LogP contribution in [0, 0.1) is 0 Å². The molecule has 5 nitrogen and oxygen atoms in total. The zero-order valence-electron chi connectivity index (χ0n) is 16.2. The van der Waals surface area contributed by atoms with Gasteiger partial charge < -0.3 is 4.90 Å². The molecule has 2 aromatic rings. The molecule has 7 heteroatoms. The molecule has 0 heterocycles. The van der Waals surface area contributed by atoms with Crippen molar-refractivity contribution in [3.8, 4) is 0 Å². The molecule has 2 aromatic carbocycles. The van der Waals surface area contributed by atoms with Crippen LogP contribution >= 0.6 is 11.8 Å². The Morgan fingerprint density at radius 1 is 1.04 bits per heavy atom. The van der Waals surface area contributed by atoms with Crippen molar-refractivity contribution in [3.05, 3.63) is 59.7 Å². The van der Waals surface area contributed by atoms with Crippen molar-refractivity contribution in [1.82, 2.24) is 9.21 Å². The molecule has 1 amide bonds. The van der Waals surface area contributed by atoms with E-state index < -0.39 is 10.0 Å². The van der Waals surface area contributed by atoms with Crippen LogP contribution in [0.25, 0.3) is 0 Å². The first-order valence-electron chi connectivity index (χ1n) is 8.82. The van der Waals surface area contributed by atoms with E-state index in [2.05, 4.69) is 0 Å². The summed E-state index contributed by atoms with van der Waals surface area (Å²) in [5, 5.41) is 0. The highest BCUT2D eigenvalue weighted by molar-refractivity contribution is 7.98. The third kappa shape index (κ3) is 5.12. The molecule has 0 aromatic heterocycles. The summed E-state index contributed by atoms with van der Waals surface area (Å²) in [5.74, 6) is -0.208. The van der Waals surface area contributed by atoms with Crippen LogP contribution in [-0.2, 0) is 16.6 Å². The fourth-order valence-corrected chi connectivity index (χ4v) is 4.71. The van der Waals surface area contributed by atoms with Crippen LogP contribution in [0.1, 0.15) is 29.8 Å². The number of sulfonamides is 1. The van der Waals surface area contributed by atoms with E-state index in [1.54, 1.807) is 49.7 Å². The second-order valence-corrected chi connectivity index (χ2v) is 8.94. The van der Waals surface area contributed by atoms with Gasteiger partial charge in [-0.2, -0.15) is 4.31 Å². The number of amides is 1. The predicted molar refractivity (Wildman–Crippen MR) is 111 cm³/mol. The fraction of sp³-hybridized carbons (Fsp3) is 0.350. The maximum absolute atomic E-state index is 12.8. The molecular weight excluding hydrogens is 380 g/mol. The van der Waals surface area contributed by atoms with E-state index in [0.717, 1.165) is 5.56 Å². The first-order chi connectivity index (χ1) is 12.8. The average molecular weight is 407 g/mol. The van der Waals surface area contributed by atoms with Crippen LogP contribution in [0.3, 0.4) is 0 Å². The van der Waals surface area contributed by atoms with Crippen LogP contribution in [-0.4, -0.2) is 49.9 Å². The first-order valence-corrected chi connectivity index (χ1v) is 11.5. The molecular formula is C20H26N2O3S2. The summed E-state index contributed by atoms with van der Waals surface area (Å²) in [6, 6.07) is 14.3. The van der Waals surface area contributed by atoms with E-state index in [0.29, 0.717) is 25.2 Å². The predicted octanol–water partition coefficient (Wildman–Crippen LogP) is 3.71. The summed E-state index contributed by atoms with van der Waals surface area (Å²) in [6.45, 7) is 4.84. The second-order valence-electron chi connectivity index (χ2n) is 6.13. The number of carbonyl (C=O) groups excluding carboxylic acids is 1. The average Bonchev–Trinajstić information content (AvgIpc) is 2.68. The Labute approximate surface area is 166 Å². The summed E-state index contributed by atoms with van der Waals surface area (Å²) in [7, 11) is -1.87. The number of nitrogens with zero attached hydrogens (tertiary/aromatic N) is 2. The summed E-state index contributed by atoms with van der Waals surface area (Å²) in [5.41, 5.74) is 1.39. The zero-order chi connectivity index (χ0) is 20.0. The van der Waals surface area contributed by atoms with Crippen molar-refractivity contribution in [2.75, 3.05) is 26.4 Å². The Hall–Kier alpha value is -1.83. The number of rotatable bonds is 8. The lowest BCUT2D eigenvalue weighted by molar-refractivity contribution is 0.0785. The van der Waals surface area contributed by atoms with E-state index in [9.17, 15) is 13.2 Å². The maximum Gasteiger partial charge on any atom is 0.253 e. The SMILES string of the molecule is CCN(CC)S(=O)(=O)c1cccc(C(=O)N(C)Cc2ccc(SC)cc2)c1. The Kier molecular flexibility index (Phi) is 7.47. The van der Waals surface area contributed by atoms with E-state index in [4.69, 9.17) is 0 Å². The first kappa shape index (κ1) is 21.5. The molecule has 2 rings (SSSR count). The maximum atomic E-state index is 12.8. The van der Waals surface area contributed by atoms with Gasteiger partial charge in [0.15, 0.2) is 0 Å². The quantitative estimate of drug-likeness (QED) is 0.627. The van der Waals surface area contributed by atoms with Gasteiger partial charge in [-0.25, -0.2) is 8.42 Å². The highest BCUT2D eigenvalue weighted by Gasteiger charge is 2.23. The van der Waals surface area contributed by atoms with Crippen LogP contribution in [0.15, 0.2) is 58.3 Å². The minimum Gasteiger partial charge on any atom is -0.337 e. The Morgan fingerprint density at radius 2 is 1.67 bits per heavy atom. The van der Waals surface area contributed by atoms with Gasteiger partial charge in [0.2, 0.25) is 10.0 Å². The van der Waals surface area contributed by atoms with Crippen LogP contribution in [0.5, 0.6) is 0 Å². The fourth-order valence-electron chi connectivity index (χ4n) is 2.80. The second kappa shape index (κ2) is 9.39. The molecule has 146 valence electrons. The van der Waals surface area contributed by atoms with Gasteiger partial charge in [-0.3, -0.25) is 4.79 Å². The van der Waals surface area contributed by atoms with Gasteiger partial charge in [-0.05, 0) is 42.2 Å². The Balaban J connectivity index is 2.20. The number of hydrogen-bond donors (Lipinski definition) is 0. The number of carbonyl (C=O) groups is 1. The van der Waals surface area contributed by atoms with Crippen molar-refractivity contribution in [3.63, 3.8) is 0 Å². The van der Waals surface area contributed by atoms with E-state index in [-0.39, 0.29) is 10.8 Å². The molecule has 0 saturated carbocycles. The summed E-state index contributed by atoms with van der Waals surface area (Å²) >= 11 is 1.67. The topological polar surface area (TPSA) is 57.7 Å². The highest BCUT2D eigenvalue weighted by atomic mass is 32.2. The van der Waals surface area contributed by atoms with Crippen molar-refractivity contribution in [2.24, 2.45) is 0 Å². The van der Waals surface area contributed by atoms with E-state index in [1.165, 1.54) is 21.3 Å². The van der Waals surface area contributed by atoms with E-state index >= 15 is 0 Å². The molecule has 0 radical (unpaired) electrons. The molecule has 0 fully saturated rings. The third-order valence-electron chi connectivity index (χ3n) is 4.35. The molecule has 0 aliphatic carbocycles. The lowest BCUT2D eigenvalue weighted by atomic mass is 10.1. The number of benzene rings is 2. The zero-order valence-corrected chi connectivity index (χ0v) is 17.8. The van der Waals surface area contributed by atoms with E-state index in [1.807, 2.05) is 30.5 Å². The molecule has 0 N–H and O–H groups in total. The number of hydrogen-bond acceptors (Lipinski definition) is 4. The van der Waals surface area contributed by atoms with Crippen molar-refractivity contribution in [1.29, 1.82) is 0 Å². The smallest absolute Gasteiger partial charge is 0.253 e. The van der Waals surface area contributed by atoms with Gasteiger partial charge in [0.1, 0.15) is 0 Å². The Morgan fingerprint density at radius 3 is 2.22 bits per heavy atom. The molecule has 0 spiro atoms. The molecule has 0 aliphatic rings. The molecule has 0 saturated heterocycles. The van der Waals surface area contributed by atoms with Gasteiger partial charge in [0.25, 0.3) is 5.91 Å². The van der Waals surface area contributed by atoms with Crippen LogP contribution in [0.2, 0.25) is 0 Å². The minimum absolute atomic E-state index is 0.148. The normalized spacial score (nSPS) is 11.6. The van der Waals surface area contributed by atoms with Crippen molar-refractivity contribution >= 4 is 27.7 Å². The highest BCUT2D eigenvalue weighted by Crippen LogP contribution is 2.19. The van der Waals surface area contributed by atoms with Gasteiger partial charge >= 0.3 is 0 Å². The standard InChI is InChI=1S/C20H26N2O3S2/c1-5-22(6-2)27(24,25)19-9-7-8-17(14-19)20(23)21(3)15-16-10-12-18(26-4)13-11-16/h7-14H,5-6,15H2,1-4H3. The largest absolute Gasteiger partial charge is 0.337 e. The van der Waals surface area contributed by atoms with Gasteiger partial charge in [-0.1, -0.05) is 32.0 Å².